The van der Waals surface area contributed by atoms with Crippen molar-refractivity contribution in [1.82, 2.24) is 20.4 Å². The summed E-state index contributed by atoms with van der Waals surface area (Å²) in [6.07, 6.45) is 4.54. The van der Waals surface area contributed by atoms with Crippen molar-refractivity contribution in [3.05, 3.63) is 41.7 Å². The number of aliphatic imine (C=N–C) groups is 1. The molecule has 2 aromatic rings. The van der Waals surface area contributed by atoms with Crippen LogP contribution in [0.1, 0.15) is 11.1 Å². The first-order valence-corrected chi connectivity index (χ1v) is 8.05. The van der Waals surface area contributed by atoms with E-state index >= 15 is 0 Å². The zero-order valence-corrected chi connectivity index (χ0v) is 15.0. The average Bonchev–Trinajstić information content (AvgIpc) is 3.03. The molecule has 26 heavy (non-hydrogen) atoms. The molecule has 2 N–H and O–H groups in total. The van der Waals surface area contributed by atoms with E-state index in [9.17, 15) is 8.78 Å². The van der Waals surface area contributed by atoms with Gasteiger partial charge in [0.15, 0.2) is 5.96 Å². The van der Waals surface area contributed by atoms with Gasteiger partial charge in [0.2, 0.25) is 0 Å². The Bertz CT molecular complexity index is 734. The van der Waals surface area contributed by atoms with Crippen LogP contribution in [0.3, 0.4) is 0 Å². The van der Waals surface area contributed by atoms with Crippen LogP contribution in [0.2, 0.25) is 0 Å². The number of hydrogen-bond donors (Lipinski definition) is 2. The van der Waals surface area contributed by atoms with Gasteiger partial charge < -0.3 is 20.1 Å². The van der Waals surface area contributed by atoms with Gasteiger partial charge in [-0.1, -0.05) is 0 Å². The smallest absolute Gasteiger partial charge is 0.387 e. The molecule has 0 radical (unpaired) electrons. The summed E-state index contributed by atoms with van der Waals surface area (Å²) in [5.41, 5.74) is 1.65. The van der Waals surface area contributed by atoms with E-state index in [1.165, 1.54) is 13.2 Å². The van der Waals surface area contributed by atoms with Gasteiger partial charge in [0.25, 0.3) is 0 Å². The molecule has 0 bridgehead atoms. The van der Waals surface area contributed by atoms with Crippen LogP contribution in [-0.4, -0.2) is 43.1 Å². The first kappa shape index (κ1) is 19.5. The number of methoxy groups -OCH3 is 1. The third-order valence-electron chi connectivity index (χ3n) is 3.62. The minimum absolute atomic E-state index is 0.0964. The Balaban J connectivity index is 1.92. The Labute approximate surface area is 151 Å². The highest BCUT2D eigenvalue weighted by atomic mass is 19.3. The Morgan fingerprint density at radius 3 is 2.77 bits per heavy atom. The maximum atomic E-state index is 12.6. The molecule has 0 aliphatic carbocycles. The molecular formula is C17H23F2N5O2. The minimum Gasteiger partial charge on any atom is -0.497 e. The zero-order chi connectivity index (χ0) is 18.9. The van der Waals surface area contributed by atoms with Crippen molar-refractivity contribution in [2.45, 2.75) is 19.6 Å². The number of benzene rings is 1. The van der Waals surface area contributed by atoms with Gasteiger partial charge in [-0.15, -0.1) is 0 Å². The van der Waals surface area contributed by atoms with Crippen LogP contribution < -0.4 is 20.1 Å². The molecule has 0 fully saturated rings. The Morgan fingerprint density at radius 2 is 2.15 bits per heavy atom. The summed E-state index contributed by atoms with van der Waals surface area (Å²) in [7, 11) is 5.02. The van der Waals surface area contributed by atoms with E-state index in [0.29, 0.717) is 23.8 Å². The Kier molecular flexibility index (Phi) is 7.19. The summed E-state index contributed by atoms with van der Waals surface area (Å²) in [4.78, 5) is 4.13. The second-order valence-corrected chi connectivity index (χ2v) is 5.48. The fourth-order valence-corrected chi connectivity index (χ4v) is 2.36. The fourth-order valence-electron chi connectivity index (χ4n) is 2.36. The highest BCUT2D eigenvalue weighted by Crippen LogP contribution is 2.25. The number of ether oxygens (including phenoxy) is 2. The van der Waals surface area contributed by atoms with Crippen LogP contribution in [0.5, 0.6) is 11.5 Å². The lowest BCUT2D eigenvalue weighted by Crippen LogP contribution is -2.37. The van der Waals surface area contributed by atoms with E-state index in [1.54, 1.807) is 23.9 Å². The van der Waals surface area contributed by atoms with Crippen molar-refractivity contribution in [1.29, 1.82) is 0 Å². The molecule has 0 saturated heterocycles. The number of halogens is 2. The monoisotopic (exact) mass is 367 g/mol. The molecule has 1 heterocycles. The lowest BCUT2D eigenvalue weighted by atomic mass is 10.2. The third-order valence-corrected chi connectivity index (χ3v) is 3.62. The molecule has 1 aromatic carbocycles. The van der Waals surface area contributed by atoms with Gasteiger partial charge in [0.1, 0.15) is 11.5 Å². The van der Waals surface area contributed by atoms with Gasteiger partial charge in [-0.2, -0.15) is 13.9 Å². The summed E-state index contributed by atoms with van der Waals surface area (Å²) in [6, 6.07) is 4.68. The molecule has 7 nitrogen and oxygen atoms in total. The molecule has 2 rings (SSSR count). The number of hydrogen-bond acceptors (Lipinski definition) is 4. The minimum atomic E-state index is -2.89. The SMILES string of the molecule is CN=C(NCCc1cnn(C)c1)NCc1cc(OC)ccc1OC(F)F. The number of alkyl halides is 2. The standard InChI is InChI=1S/C17H23F2N5O2/c1-20-17(21-7-6-12-9-23-24(2)11-12)22-10-13-8-14(25-3)4-5-15(13)26-16(18)19/h4-5,8-9,11,16H,6-7,10H2,1-3H3,(H2,20,21,22). The zero-order valence-electron chi connectivity index (χ0n) is 15.0. The van der Waals surface area contributed by atoms with E-state index in [4.69, 9.17) is 4.74 Å². The number of nitrogens with zero attached hydrogens (tertiary/aromatic N) is 3. The first-order chi connectivity index (χ1) is 12.5. The predicted octanol–water partition coefficient (Wildman–Crippen LogP) is 1.94. The molecule has 0 unspecified atom stereocenters. The van der Waals surface area contributed by atoms with Crippen LogP contribution in [0.25, 0.3) is 0 Å². The summed E-state index contributed by atoms with van der Waals surface area (Å²) in [5, 5.41) is 10.4. The van der Waals surface area contributed by atoms with Gasteiger partial charge in [-0.25, -0.2) is 0 Å². The molecule has 0 aliphatic rings. The fraction of sp³-hybridized carbons (Fsp3) is 0.412. The number of rotatable bonds is 8. The topological polar surface area (TPSA) is 72.7 Å². The maximum Gasteiger partial charge on any atom is 0.387 e. The van der Waals surface area contributed by atoms with E-state index < -0.39 is 6.61 Å². The number of guanidine groups is 1. The molecule has 0 spiro atoms. The van der Waals surface area contributed by atoms with Crippen LogP contribution in [0, 0.1) is 0 Å². The van der Waals surface area contributed by atoms with E-state index in [0.717, 1.165) is 12.0 Å². The molecular weight excluding hydrogens is 344 g/mol. The van der Waals surface area contributed by atoms with Crippen LogP contribution in [0.15, 0.2) is 35.6 Å². The van der Waals surface area contributed by atoms with Crippen LogP contribution in [0.4, 0.5) is 8.78 Å². The summed E-state index contributed by atoms with van der Waals surface area (Å²) in [6.45, 7) is -1.98. The molecule has 0 aliphatic heterocycles. The molecule has 1 aromatic heterocycles. The average molecular weight is 367 g/mol. The number of aryl methyl sites for hydroxylation is 1. The van der Waals surface area contributed by atoms with Crippen molar-refractivity contribution in [2.75, 3.05) is 20.7 Å². The largest absolute Gasteiger partial charge is 0.497 e. The number of aromatic nitrogens is 2. The quantitative estimate of drug-likeness (QED) is 0.551. The molecule has 0 atom stereocenters. The summed E-state index contributed by atoms with van der Waals surface area (Å²) >= 11 is 0. The Hall–Kier alpha value is -2.84. The van der Waals surface area contributed by atoms with Gasteiger partial charge in [-0.3, -0.25) is 9.67 Å². The molecule has 9 heteroatoms. The first-order valence-electron chi connectivity index (χ1n) is 8.05. The van der Waals surface area contributed by atoms with Crippen molar-refractivity contribution in [2.24, 2.45) is 12.0 Å². The van der Waals surface area contributed by atoms with Crippen molar-refractivity contribution in [3.63, 3.8) is 0 Å². The second kappa shape index (κ2) is 9.59. The van der Waals surface area contributed by atoms with Gasteiger partial charge in [0.05, 0.1) is 13.3 Å². The predicted molar refractivity (Wildman–Crippen MR) is 94.7 cm³/mol. The summed E-state index contributed by atoms with van der Waals surface area (Å²) < 4.78 is 36.6. The van der Waals surface area contributed by atoms with E-state index in [-0.39, 0.29) is 12.3 Å². The van der Waals surface area contributed by atoms with Gasteiger partial charge in [0, 0.05) is 38.9 Å². The Morgan fingerprint density at radius 1 is 1.35 bits per heavy atom. The van der Waals surface area contributed by atoms with Crippen molar-refractivity contribution < 1.29 is 18.3 Å². The molecule has 142 valence electrons. The lowest BCUT2D eigenvalue weighted by molar-refractivity contribution is -0.0504. The van der Waals surface area contributed by atoms with Crippen molar-refractivity contribution >= 4 is 5.96 Å². The summed E-state index contributed by atoms with van der Waals surface area (Å²) in [5.74, 6) is 1.21. The lowest BCUT2D eigenvalue weighted by Gasteiger charge is -2.15. The van der Waals surface area contributed by atoms with Crippen LogP contribution >= 0.6 is 0 Å². The van der Waals surface area contributed by atoms with Crippen LogP contribution in [-0.2, 0) is 20.0 Å². The van der Waals surface area contributed by atoms with E-state index in [2.05, 4.69) is 25.5 Å². The highest BCUT2D eigenvalue weighted by Gasteiger charge is 2.11. The third kappa shape index (κ3) is 5.91. The van der Waals surface area contributed by atoms with Gasteiger partial charge in [-0.05, 0) is 30.2 Å². The highest BCUT2D eigenvalue weighted by molar-refractivity contribution is 5.79. The normalized spacial score (nSPS) is 11.5. The maximum absolute atomic E-state index is 12.6. The molecule has 0 amide bonds. The second-order valence-electron chi connectivity index (χ2n) is 5.48. The molecule has 0 saturated carbocycles. The van der Waals surface area contributed by atoms with Crippen molar-refractivity contribution in [3.8, 4) is 11.5 Å². The van der Waals surface area contributed by atoms with E-state index in [1.807, 2.05) is 19.4 Å². The van der Waals surface area contributed by atoms with Gasteiger partial charge >= 0.3 is 6.61 Å². The number of nitrogens with one attached hydrogen (secondary N) is 2.